The first-order valence-corrected chi connectivity index (χ1v) is 9.37. The lowest BCUT2D eigenvalue weighted by molar-refractivity contribution is 0.234. The van der Waals surface area contributed by atoms with Crippen molar-refractivity contribution in [3.63, 3.8) is 0 Å². The smallest absolute Gasteiger partial charge is 0.398 e. The van der Waals surface area contributed by atoms with Gasteiger partial charge in [-0.3, -0.25) is 0 Å². The van der Waals surface area contributed by atoms with Gasteiger partial charge in [-0.1, -0.05) is 51.8 Å². The predicted octanol–water partition coefficient (Wildman–Crippen LogP) is 4.75. The summed E-state index contributed by atoms with van der Waals surface area (Å²) in [4.78, 5) is 0. The molecule has 0 saturated heterocycles. The topological polar surface area (TPSA) is 18.5 Å². The van der Waals surface area contributed by atoms with Crippen molar-refractivity contribution in [1.29, 1.82) is 0 Å². The van der Waals surface area contributed by atoms with Crippen molar-refractivity contribution in [2.24, 2.45) is 0 Å². The molecular weight excluding hydrogens is 240 g/mol. The molecule has 0 heterocycles. The lowest BCUT2D eigenvalue weighted by atomic mass is 10.3. The largest absolute Gasteiger partial charge is 0.520 e. The minimum absolute atomic E-state index is 0.819. The summed E-state index contributed by atoms with van der Waals surface area (Å²) in [6.45, 7) is 7.39. The summed E-state index contributed by atoms with van der Waals surface area (Å²) in [5.41, 5.74) is 0. The van der Waals surface area contributed by atoms with E-state index in [9.17, 15) is 0 Å². The second-order valence-corrected chi connectivity index (χ2v) is 7.99. The Hall–Kier alpha value is -0.803. The Labute approximate surface area is 113 Å². The summed E-state index contributed by atoms with van der Waals surface area (Å²) in [5, 5.41) is 0. The Balaban J connectivity index is 2.79. The van der Waals surface area contributed by atoms with E-state index in [0.29, 0.717) is 0 Å². The highest BCUT2D eigenvalue weighted by Gasteiger charge is 2.37. The number of rotatable bonds is 9. The molecule has 1 aromatic rings. The van der Waals surface area contributed by atoms with Gasteiger partial charge in [0, 0.05) is 18.7 Å². The molecule has 0 bridgehead atoms. The maximum atomic E-state index is 6.30. The normalized spacial score (nSPS) is 11.5. The molecule has 102 valence electrons. The van der Waals surface area contributed by atoms with Gasteiger partial charge in [0.1, 0.15) is 5.75 Å². The van der Waals surface area contributed by atoms with Gasteiger partial charge in [0.2, 0.25) is 0 Å². The van der Waals surface area contributed by atoms with Gasteiger partial charge in [0.05, 0.1) is 0 Å². The van der Waals surface area contributed by atoms with Crippen LogP contribution in [0.1, 0.15) is 40.0 Å². The number of para-hydroxylation sites is 1. The third-order valence-corrected chi connectivity index (χ3v) is 6.74. The van der Waals surface area contributed by atoms with E-state index in [0.717, 1.165) is 43.7 Å². The molecule has 0 unspecified atom stereocenters. The Morgan fingerprint density at radius 1 is 0.889 bits per heavy atom. The van der Waals surface area contributed by atoms with Crippen molar-refractivity contribution in [1.82, 2.24) is 0 Å². The average molecular weight is 266 g/mol. The molecular formula is C15H26O2Si. The van der Waals surface area contributed by atoms with Crippen LogP contribution in [0.3, 0.4) is 0 Å². The Bertz CT molecular complexity index is 308. The van der Waals surface area contributed by atoms with E-state index in [2.05, 4.69) is 20.8 Å². The number of benzene rings is 1. The molecule has 18 heavy (non-hydrogen) atoms. The molecule has 0 amide bonds. The van der Waals surface area contributed by atoms with E-state index in [1.54, 1.807) is 0 Å². The summed E-state index contributed by atoms with van der Waals surface area (Å²) in [6.07, 6.45) is 3.31. The first kappa shape index (κ1) is 15.3. The van der Waals surface area contributed by atoms with E-state index in [1.165, 1.54) is 0 Å². The third-order valence-electron chi connectivity index (χ3n) is 2.88. The van der Waals surface area contributed by atoms with Crippen molar-refractivity contribution in [3.8, 4) is 5.75 Å². The van der Waals surface area contributed by atoms with Crippen LogP contribution >= 0.6 is 0 Å². The van der Waals surface area contributed by atoms with Crippen LogP contribution in [0.25, 0.3) is 0 Å². The third kappa shape index (κ3) is 4.82. The summed E-state index contributed by atoms with van der Waals surface area (Å²) < 4.78 is 12.5. The summed E-state index contributed by atoms with van der Waals surface area (Å²) in [6, 6.07) is 12.3. The second kappa shape index (κ2) is 8.33. The van der Waals surface area contributed by atoms with Crippen LogP contribution in [0.5, 0.6) is 5.75 Å². The SMILES string of the molecule is CCCO[Si](CCC)(CCC)Oc1ccccc1. The Morgan fingerprint density at radius 2 is 1.50 bits per heavy atom. The molecule has 0 aliphatic rings. The van der Waals surface area contributed by atoms with E-state index >= 15 is 0 Å². The minimum Gasteiger partial charge on any atom is -0.520 e. The van der Waals surface area contributed by atoms with Gasteiger partial charge in [-0.2, -0.15) is 0 Å². The van der Waals surface area contributed by atoms with Crippen LogP contribution in [0.2, 0.25) is 12.1 Å². The van der Waals surface area contributed by atoms with Crippen LogP contribution in [0.4, 0.5) is 0 Å². The highest BCUT2D eigenvalue weighted by Crippen LogP contribution is 2.26. The van der Waals surface area contributed by atoms with Crippen molar-refractivity contribution < 1.29 is 8.85 Å². The van der Waals surface area contributed by atoms with Crippen LogP contribution < -0.4 is 4.43 Å². The van der Waals surface area contributed by atoms with E-state index in [1.807, 2.05) is 30.3 Å². The molecule has 0 N–H and O–H groups in total. The highest BCUT2D eigenvalue weighted by molar-refractivity contribution is 6.68. The molecule has 0 aliphatic heterocycles. The van der Waals surface area contributed by atoms with Gasteiger partial charge in [-0.15, -0.1) is 0 Å². The van der Waals surface area contributed by atoms with Crippen molar-refractivity contribution in [2.45, 2.75) is 52.1 Å². The maximum absolute atomic E-state index is 6.30. The van der Waals surface area contributed by atoms with Crippen molar-refractivity contribution >= 4 is 8.56 Å². The first-order chi connectivity index (χ1) is 8.76. The number of hydrogen-bond donors (Lipinski definition) is 0. The van der Waals surface area contributed by atoms with E-state index in [4.69, 9.17) is 8.85 Å². The summed E-state index contributed by atoms with van der Waals surface area (Å²) in [7, 11) is -2.06. The molecule has 0 aromatic heterocycles. The molecule has 1 rings (SSSR count). The van der Waals surface area contributed by atoms with Gasteiger partial charge < -0.3 is 8.85 Å². The van der Waals surface area contributed by atoms with Crippen molar-refractivity contribution in [3.05, 3.63) is 30.3 Å². The fourth-order valence-corrected chi connectivity index (χ4v) is 5.62. The fourth-order valence-electron chi connectivity index (χ4n) is 2.15. The fraction of sp³-hybridized carbons (Fsp3) is 0.600. The molecule has 1 aromatic carbocycles. The van der Waals surface area contributed by atoms with Crippen LogP contribution in [0.15, 0.2) is 30.3 Å². The molecule has 0 spiro atoms. The highest BCUT2D eigenvalue weighted by atomic mass is 28.4. The molecule has 0 aliphatic carbocycles. The van der Waals surface area contributed by atoms with Gasteiger partial charge in [-0.05, 0) is 18.6 Å². The summed E-state index contributed by atoms with van der Waals surface area (Å²) in [5.74, 6) is 0.960. The van der Waals surface area contributed by atoms with Gasteiger partial charge in [0.25, 0.3) is 0 Å². The second-order valence-electron chi connectivity index (χ2n) is 4.67. The molecule has 0 atom stereocenters. The molecule has 0 radical (unpaired) electrons. The Morgan fingerprint density at radius 3 is 2.00 bits per heavy atom. The zero-order chi connectivity index (χ0) is 13.3. The number of hydrogen-bond acceptors (Lipinski definition) is 2. The molecule has 2 nitrogen and oxygen atoms in total. The molecule has 0 fully saturated rings. The van der Waals surface area contributed by atoms with Crippen molar-refractivity contribution in [2.75, 3.05) is 6.61 Å². The monoisotopic (exact) mass is 266 g/mol. The quantitative estimate of drug-likeness (QED) is 0.600. The lowest BCUT2D eigenvalue weighted by Crippen LogP contribution is -2.45. The van der Waals surface area contributed by atoms with Gasteiger partial charge in [0.15, 0.2) is 0 Å². The van der Waals surface area contributed by atoms with Gasteiger partial charge >= 0.3 is 8.56 Å². The lowest BCUT2D eigenvalue weighted by Gasteiger charge is -2.31. The minimum atomic E-state index is -2.06. The van der Waals surface area contributed by atoms with Gasteiger partial charge in [-0.25, -0.2) is 0 Å². The first-order valence-electron chi connectivity index (χ1n) is 7.14. The van der Waals surface area contributed by atoms with E-state index in [-0.39, 0.29) is 0 Å². The Kier molecular flexibility index (Phi) is 7.06. The van der Waals surface area contributed by atoms with Crippen LogP contribution in [0, 0.1) is 0 Å². The zero-order valence-corrected chi connectivity index (χ0v) is 12.9. The predicted molar refractivity (Wildman–Crippen MR) is 79.3 cm³/mol. The van der Waals surface area contributed by atoms with E-state index < -0.39 is 8.56 Å². The summed E-state index contributed by atoms with van der Waals surface area (Å²) >= 11 is 0. The maximum Gasteiger partial charge on any atom is 0.398 e. The molecule has 0 saturated carbocycles. The molecule has 3 heteroatoms. The van der Waals surface area contributed by atoms with Crippen LogP contribution in [-0.2, 0) is 4.43 Å². The standard InChI is InChI=1S/C15H26O2Si/c1-4-12-16-18(13-5-2,14-6-3)17-15-10-8-7-9-11-15/h7-11H,4-6,12-14H2,1-3H3. The van der Waals surface area contributed by atoms with Crippen LogP contribution in [-0.4, -0.2) is 15.2 Å². The average Bonchev–Trinajstić information content (AvgIpc) is 2.38. The zero-order valence-electron chi connectivity index (χ0n) is 11.9.